The third kappa shape index (κ3) is 4.89. The Morgan fingerprint density at radius 3 is 2.10 bits per heavy atom. The predicted octanol–water partition coefficient (Wildman–Crippen LogP) is 3.25. The molecule has 0 spiro atoms. The molecule has 0 aliphatic rings. The Kier molecular flexibility index (Phi) is 7.20. The van der Waals surface area contributed by atoms with Crippen LogP contribution in [-0.2, 0) is 11.2 Å². The van der Waals surface area contributed by atoms with Crippen LogP contribution in [0.1, 0.15) is 51.7 Å². The summed E-state index contributed by atoms with van der Waals surface area (Å²) in [4.78, 5) is 0. The molecule has 0 aromatic heterocycles. The SMILES string of the molecule is CCOC(C(C)C)C(Cc1ccc(C(C)C)cc1)NN. The van der Waals surface area contributed by atoms with E-state index in [9.17, 15) is 0 Å². The molecule has 3 heteroatoms. The minimum Gasteiger partial charge on any atom is -0.377 e. The first-order valence-electron chi connectivity index (χ1n) is 7.66. The van der Waals surface area contributed by atoms with Crippen molar-refractivity contribution >= 4 is 0 Å². The molecule has 0 bridgehead atoms. The highest BCUT2D eigenvalue weighted by atomic mass is 16.5. The summed E-state index contributed by atoms with van der Waals surface area (Å²) in [5, 5.41) is 0. The minimum absolute atomic E-state index is 0.134. The molecule has 1 aromatic carbocycles. The van der Waals surface area contributed by atoms with E-state index in [2.05, 4.69) is 57.4 Å². The Bertz CT molecular complexity index is 373. The van der Waals surface area contributed by atoms with Gasteiger partial charge < -0.3 is 4.74 Å². The lowest BCUT2D eigenvalue weighted by atomic mass is 9.93. The number of ether oxygens (including phenoxy) is 1. The van der Waals surface area contributed by atoms with Gasteiger partial charge in [0.05, 0.1) is 12.1 Å². The van der Waals surface area contributed by atoms with Gasteiger partial charge in [-0.1, -0.05) is 52.0 Å². The second-order valence-electron chi connectivity index (χ2n) is 6.04. The smallest absolute Gasteiger partial charge is 0.0767 e. The molecule has 0 aliphatic carbocycles. The Hall–Kier alpha value is -0.900. The normalized spacial score (nSPS) is 14.8. The average Bonchev–Trinajstić information content (AvgIpc) is 2.42. The van der Waals surface area contributed by atoms with E-state index >= 15 is 0 Å². The first-order chi connectivity index (χ1) is 9.49. The first-order valence-corrected chi connectivity index (χ1v) is 7.66. The van der Waals surface area contributed by atoms with Crippen LogP contribution in [0.3, 0.4) is 0 Å². The van der Waals surface area contributed by atoms with Gasteiger partial charge in [0.2, 0.25) is 0 Å². The van der Waals surface area contributed by atoms with Crippen LogP contribution < -0.4 is 11.3 Å². The molecule has 2 atom stereocenters. The van der Waals surface area contributed by atoms with E-state index in [0.29, 0.717) is 18.4 Å². The molecule has 1 aromatic rings. The summed E-state index contributed by atoms with van der Waals surface area (Å²) in [6.45, 7) is 11.5. The van der Waals surface area contributed by atoms with E-state index in [1.165, 1.54) is 11.1 Å². The van der Waals surface area contributed by atoms with Crippen molar-refractivity contribution in [3.63, 3.8) is 0 Å². The number of hydrogen-bond donors (Lipinski definition) is 2. The molecule has 20 heavy (non-hydrogen) atoms. The molecule has 2 unspecified atom stereocenters. The maximum Gasteiger partial charge on any atom is 0.0767 e. The van der Waals surface area contributed by atoms with Crippen molar-refractivity contribution in [1.29, 1.82) is 0 Å². The number of rotatable bonds is 8. The van der Waals surface area contributed by atoms with Crippen molar-refractivity contribution < 1.29 is 4.74 Å². The molecule has 0 radical (unpaired) electrons. The molecule has 3 N–H and O–H groups in total. The van der Waals surface area contributed by atoms with Crippen LogP contribution in [-0.4, -0.2) is 18.8 Å². The van der Waals surface area contributed by atoms with Crippen LogP contribution in [0.4, 0.5) is 0 Å². The van der Waals surface area contributed by atoms with Crippen molar-refractivity contribution in [2.24, 2.45) is 11.8 Å². The highest BCUT2D eigenvalue weighted by Gasteiger charge is 2.24. The summed E-state index contributed by atoms with van der Waals surface area (Å²) < 4.78 is 5.85. The van der Waals surface area contributed by atoms with Gasteiger partial charge in [-0.2, -0.15) is 0 Å². The highest BCUT2D eigenvalue weighted by molar-refractivity contribution is 5.25. The third-order valence-electron chi connectivity index (χ3n) is 3.73. The van der Waals surface area contributed by atoms with Crippen LogP contribution in [0.5, 0.6) is 0 Å². The molecule has 3 nitrogen and oxygen atoms in total. The third-order valence-corrected chi connectivity index (χ3v) is 3.73. The molecular weight excluding hydrogens is 248 g/mol. The van der Waals surface area contributed by atoms with Gasteiger partial charge in [-0.15, -0.1) is 0 Å². The topological polar surface area (TPSA) is 47.3 Å². The maximum absolute atomic E-state index is 5.85. The largest absolute Gasteiger partial charge is 0.377 e. The fourth-order valence-electron chi connectivity index (χ4n) is 2.53. The Balaban J connectivity index is 2.76. The fourth-order valence-corrected chi connectivity index (χ4v) is 2.53. The molecule has 0 amide bonds. The van der Waals surface area contributed by atoms with Crippen LogP contribution in [0, 0.1) is 5.92 Å². The molecular formula is C17H30N2O. The van der Waals surface area contributed by atoms with E-state index in [4.69, 9.17) is 10.6 Å². The first kappa shape index (κ1) is 17.2. The van der Waals surface area contributed by atoms with E-state index in [1.807, 2.05) is 6.92 Å². The van der Waals surface area contributed by atoms with Crippen LogP contribution in [0.15, 0.2) is 24.3 Å². The summed E-state index contributed by atoms with van der Waals surface area (Å²) in [5.74, 6) is 6.74. The highest BCUT2D eigenvalue weighted by Crippen LogP contribution is 2.18. The van der Waals surface area contributed by atoms with Gasteiger partial charge in [0.1, 0.15) is 0 Å². The molecule has 1 rings (SSSR count). The predicted molar refractivity (Wildman–Crippen MR) is 85.6 cm³/mol. The second-order valence-corrected chi connectivity index (χ2v) is 6.04. The standard InChI is InChI=1S/C17H30N2O/c1-6-20-17(13(4)5)16(19-18)11-14-7-9-15(10-8-14)12(2)3/h7-10,12-13,16-17,19H,6,11,18H2,1-5H3. The van der Waals surface area contributed by atoms with Gasteiger partial charge in [-0.05, 0) is 36.3 Å². The summed E-state index contributed by atoms with van der Waals surface area (Å²) in [5.41, 5.74) is 5.59. The number of nitrogens with one attached hydrogen (secondary N) is 1. The van der Waals surface area contributed by atoms with Gasteiger partial charge in [-0.25, -0.2) is 0 Å². The van der Waals surface area contributed by atoms with Crippen LogP contribution in [0.25, 0.3) is 0 Å². The van der Waals surface area contributed by atoms with Crippen molar-refractivity contribution in [2.75, 3.05) is 6.61 Å². The lowest BCUT2D eigenvalue weighted by Gasteiger charge is -2.29. The number of hydrogen-bond acceptors (Lipinski definition) is 3. The zero-order valence-electron chi connectivity index (χ0n) is 13.5. The molecule has 114 valence electrons. The summed E-state index contributed by atoms with van der Waals surface area (Å²) in [6.07, 6.45) is 1.02. The molecule has 0 aliphatic heterocycles. The van der Waals surface area contributed by atoms with Gasteiger partial charge in [0.15, 0.2) is 0 Å². The summed E-state index contributed by atoms with van der Waals surface area (Å²) in [6, 6.07) is 8.95. The van der Waals surface area contributed by atoms with Crippen molar-refractivity contribution in [1.82, 2.24) is 5.43 Å². The lowest BCUT2D eigenvalue weighted by Crippen LogP contribution is -2.48. The molecule has 0 saturated carbocycles. The monoisotopic (exact) mass is 278 g/mol. The van der Waals surface area contributed by atoms with E-state index in [1.54, 1.807) is 0 Å². The Morgan fingerprint density at radius 1 is 1.10 bits per heavy atom. The van der Waals surface area contributed by atoms with Crippen molar-refractivity contribution in [2.45, 2.75) is 59.1 Å². The number of nitrogens with two attached hydrogens (primary N) is 1. The Labute approximate surface area is 123 Å². The lowest BCUT2D eigenvalue weighted by molar-refractivity contribution is 0.00355. The van der Waals surface area contributed by atoms with Crippen LogP contribution in [0.2, 0.25) is 0 Å². The quantitative estimate of drug-likeness (QED) is 0.567. The van der Waals surface area contributed by atoms with Crippen molar-refractivity contribution in [3.8, 4) is 0 Å². The summed E-state index contributed by atoms with van der Waals surface area (Å²) >= 11 is 0. The zero-order chi connectivity index (χ0) is 15.1. The maximum atomic E-state index is 5.85. The Morgan fingerprint density at radius 2 is 1.70 bits per heavy atom. The second kappa shape index (κ2) is 8.40. The zero-order valence-corrected chi connectivity index (χ0v) is 13.5. The molecule has 0 heterocycles. The van der Waals surface area contributed by atoms with Gasteiger partial charge in [-0.3, -0.25) is 11.3 Å². The molecule has 0 saturated heterocycles. The van der Waals surface area contributed by atoms with Gasteiger partial charge >= 0.3 is 0 Å². The minimum atomic E-state index is 0.134. The van der Waals surface area contributed by atoms with E-state index < -0.39 is 0 Å². The summed E-state index contributed by atoms with van der Waals surface area (Å²) in [7, 11) is 0. The van der Waals surface area contributed by atoms with E-state index in [-0.39, 0.29) is 12.1 Å². The van der Waals surface area contributed by atoms with Gasteiger partial charge in [0.25, 0.3) is 0 Å². The average molecular weight is 278 g/mol. The molecule has 0 fully saturated rings. The van der Waals surface area contributed by atoms with Crippen LogP contribution >= 0.6 is 0 Å². The van der Waals surface area contributed by atoms with Crippen molar-refractivity contribution in [3.05, 3.63) is 35.4 Å². The van der Waals surface area contributed by atoms with Gasteiger partial charge in [0, 0.05) is 6.61 Å². The number of hydrazine groups is 1. The van der Waals surface area contributed by atoms with E-state index in [0.717, 1.165) is 6.42 Å². The fraction of sp³-hybridized carbons (Fsp3) is 0.647. The number of benzene rings is 1.